The molecule has 0 unspecified atom stereocenters. The van der Waals surface area contributed by atoms with Crippen LogP contribution in [0.4, 0.5) is 17.1 Å². The Balaban J connectivity index is 1.72. The monoisotopic (exact) mass is 469 g/mol. The minimum Gasteiger partial charge on any atom is -0.497 e. The predicted octanol–water partition coefficient (Wildman–Crippen LogP) is 3.72. The Bertz CT molecular complexity index is 1260. The van der Waals surface area contributed by atoms with E-state index >= 15 is 0 Å². The molecule has 0 spiro atoms. The van der Waals surface area contributed by atoms with E-state index < -0.39 is 15.9 Å². The molecular formula is C23H23N3O6S. The van der Waals surface area contributed by atoms with Crippen LogP contribution < -0.4 is 24.8 Å². The number of benzene rings is 3. The summed E-state index contributed by atoms with van der Waals surface area (Å²) in [6.07, 6.45) is 0. The third-order valence-corrected chi connectivity index (χ3v) is 5.93. The summed E-state index contributed by atoms with van der Waals surface area (Å²) in [6.45, 7) is 1.36. The van der Waals surface area contributed by atoms with E-state index in [4.69, 9.17) is 9.47 Å². The van der Waals surface area contributed by atoms with E-state index in [2.05, 4.69) is 15.4 Å². The van der Waals surface area contributed by atoms with Gasteiger partial charge in [0.05, 0.1) is 24.8 Å². The van der Waals surface area contributed by atoms with Crippen LogP contribution in [0, 0.1) is 0 Å². The van der Waals surface area contributed by atoms with Crippen LogP contribution in [0.3, 0.4) is 0 Å². The maximum absolute atomic E-state index is 12.6. The summed E-state index contributed by atoms with van der Waals surface area (Å²) in [5, 5.41) is 5.34. The van der Waals surface area contributed by atoms with E-state index in [-0.39, 0.29) is 16.4 Å². The van der Waals surface area contributed by atoms with Crippen molar-refractivity contribution in [3.63, 3.8) is 0 Å². The highest BCUT2D eigenvalue weighted by molar-refractivity contribution is 7.92. The van der Waals surface area contributed by atoms with Gasteiger partial charge < -0.3 is 20.1 Å². The topological polar surface area (TPSA) is 123 Å². The summed E-state index contributed by atoms with van der Waals surface area (Å²) < 4.78 is 38.0. The lowest BCUT2D eigenvalue weighted by atomic mass is 10.2. The predicted molar refractivity (Wildman–Crippen MR) is 125 cm³/mol. The second kappa shape index (κ2) is 10.0. The van der Waals surface area contributed by atoms with Crippen molar-refractivity contribution in [2.24, 2.45) is 0 Å². The lowest BCUT2D eigenvalue weighted by Crippen LogP contribution is -2.15. The van der Waals surface area contributed by atoms with Gasteiger partial charge in [0.15, 0.2) is 0 Å². The summed E-state index contributed by atoms with van der Waals surface area (Å²) >= 11 is 0. The van der Waals surface area contributed by atoms with Crippen LogP contribution in [0.2, 0.25) is 0 Å². The fourth-order valence-electron chi connectivity index (χ4n) is 2.93. The van der Waals surface area contributed by atoms with Crippen LogP contribution in [0.15, 0.2) is 71.6 Å². The molecule has 2 amide bonds. The average molecular weight is 470 g/mol. The molecule has 3 rings (SSSR count). The number of rotatable bonds is 8. The number of hydrogen-bond donors (Lipinski definition) is 3. The normalized spacial score (nSPS) is 10.8. The molecule has 0 aliphatic rings. The standard InChI is InChI=1S/C23H23N3O6S/c1-15(27)24-21-14-18(8-13-22(21)32-3)25-23(28)16-4-11-20(12-5-16)33(29,30)26-17-6-9-19(31-2)10-7-17/h4-14,26H,1-3H3,(H,24,27)(H,25,28). The molecule has 172 valence electrons. The fourth-order valence-corrected chi connectivity index (χ4v) is 3.99. The van der Waals surface area contributed by atoms with Gasteiger partial charge in [-0.05, 0) is 66.7 Å². The van der Waals surface area contributed by atoms with Crippen molar-refractivity contribution in [3.05, 3.63) is 72.3 Å². The van der Waals surface area contributed by atoms with Crippen molar-refractivity contribution < 1.29 is 27.5 Å². The number of nitrogens with one attached hydrogen (secondary N) is 3. The van der Waals surface area contributed by atoms with Crippen molar-refractivity contribution in [2.45, 2.75) is 11.8 Å². The molecule has 3 aromatic carbocycles. The van der Waals surface area contributed by atoms with Gasteiger partial charge >= 0.3 is 0 Å². The summed E-state index contributed by atoms with van der Waals surface area (Å²) in [4.78, 5) is 24.0. The van der Waals surface area contributed by atoms with Gasteiger partial charge in [0, 0.05) is 23.9 Å². The number of sulfonamides is 1. The van der Waals surface area contributed by atoms with E-state index in [9.17, 15) is 18.0 Å². The van der Waals surface area contributed by atoms with E-state index in [1.807, 2.05) is 0 Å². The number of amides is 2. The highest BCUT2D eigenvalue weighted by Crippen LogP contribution is 2.28. The van der Waals surface area contributed by atoms with Crippen LogP contribution in [-0.4, -0.2) is 34.5 Å². The number of carbonyl (C=O) groups is 2. The Kier molecular flexibility index (Phi) is 7.19. The first-order valence-corrected chi connectivity index (χ1v) is 11.2. The van der Waals surface area contributed by atoms with Crippen LogP contribution in [0.5, 0.6) is 11.5 Å². The van der Waals surface area contributed by atoms with Gasteiger partial charge in [0.25, 0.3) is 15.9 Å². The minimum absolute atomic E-state index is 0.00672. The number of carbonyl (C=O) groups excluding carboxylic acids is 2. The summed E-state index contributed by atoms with van der Waals surface area (Å²) in [7, 11) is -0.844. The Morgan fingerprint density at radius 3 is 2.00 bits per heavy atom. The van der Waals surface area contributed by atoms with Crippen molar-refractivity contribution in [1.82, 2.24) is 0 Å². The molecule has 9 nitrogen and oxygen atoms in total. The molecule has 0 saturated heterocycles. The van der Waals surface area contributed by atoms with E-state index in [1.54, 1.807) is 42.5 Å². The fraction of sp³-hybridized carbons (Fsp3) is 0.130. The third kappa shape index (κ3) is 6.01. The molecule has 0 aromatic heterocycles. The zero-order chi connectivity index (χ0) is 24.0. The molecule has 0 bridgehead atoms. The third-order valence-electron chi connectivity index (χ3n) is 4.54. The zero-order valence-electron chi connectivity index (χ0n) is 18.2. The average Bonchev–Trinajstić information content (AvgIpc) is 2.79. The Labute approximate surface area is 191 Å². The van der Waals surface area contributed by atoms with Crippen LogP contribution in [-0.2, 0) is 14.8 Å². The molecule has 0 saturated carbocycles. The second-order valence-electron chi connectivity index (χ2n) is 6.91. The van der Waals surface area contributed by atoms with Gasteiger partial charge in [-0.3, -0.25) is 14.3 Å². The SMILES string of the molecule is COc1ccc(NS(=O)(=O)c2ccc(C(=O)Nc3ccc(OC)c(NC(C)=O)c3)cc2)cc1. The first-order chi connectivity index (χ1) is 15.7. The lowest BCUT2D eigenvalue weighted by Gasteiger charge is -2.12. The minimum atomic E-state index is -3.84. The highest BCUT2D eigenvalue weighted by atomic mass is 32.2. The number of hydrogen-bond acceptors (Lipinski definition) is 6. The number of ether oxygens (including phenoxy) is 2. The molecule has 0 aliphatic heterocycles. The summed E-state index contributed by atoms with van der Waals surface area (Å²) in [5.41, 5.74) is 1.48. The molecule has 0 atom stereocenters. The van der Waals surface area contributed by atoms with Gasteiger partial charge in [-0.1, -0.05) is 0 Å². The lowest BCUT2D eigenvalue weighted by molar-refractivity contribution is -0.114. The smallest absolute Gasteiger partial charge is 0.261 e. The molecule has 3 N–H and O–H groups in total. The maximum atomic E-state index is 12.6. The van der Waals surface area contributed by atoms with Gasteiger partial charge in [-0.2, -0.15) is 0 Å². The van der Waals surface area contributed by atoms with Crippen LogP contribution >= 0.6 is 0 Å². The molecule has 10 heteroatoms. The first-order valence-electron chi connectivity index (χ1n) is 9.76. The van der Waals surface area contributed by atoms with Crippen molar-refractivity contribution in [2.75, 3.05) is 29.6 Å². The number of methoxy groups -OCH3 is 2. The molecule has 0 aliphatic carbocycles. The Morgan fingerprint density at radius 2 is 1.42 bits per heavy atom. The molecule has 0 fully saturated rings. The highest BCUT2D eigenvalue weighted by Gasteiger charge is 2.16. The molecular weight excluding hydrogens is 446 g/mol. The van der Waals surface area contributed by atoms with Crippen molar-refractivity contribution >= 4 is 38.9 Å². The second-order valence-corrected chi connectivity index (χ2v) is 8.59. The maximum Gasteiger partial charge on any atom is 0.261 e. The molecule has 33 heavy (non-hydrogen) atoms. The molecule has 0 heterocycles. The largest absolute Gasteiger partial charge is 0.497 e. The van der Waals surface area contributed by atoms with Gasteiger partial charge in [0.1, 0.15) is 11.5 Å². The van der Waals surface area contributed by atoms with E-state index in [0.717, 1.165) is 0 Å². The van der Waals surface area contributed by atoms with Crippen molar-refractivity contribution in [1.29, 1.82) is 0 Å². The van der Waals surface area contributed by atoms with Crippen molar-refractivity contribution in [3.8, 4) is 11.5 Å². The molecule has 0 radical (unpaired) electrons. The van der Waals surface area contributed by atoms with Crippen LogP contribution in [0.1, 0.15) is 17.3 Å². The van der Waals surface area contributed by atoms with Crippen LogP contribution in [0.25, 0.3) is 0 Å². The quantitative estimate of drug-likeness (QED) is 0.462. The first kappa shape index (κ1) is 23.6. The zero-order valence-corrected chi connectivity index (χ0v) is 19.0. The number of anilines is 3. The van der Waals surface area contributed by atoms with Gasteiger partial charge in [-0.15, -0.1) is 0 Å². The van der Waals surface area contributed by atoms with Gasteiger partial charge in [-0.25, -0.2) is 8.42 Å². The van der Waals surface area contributed by atoms with Gasteiger partial charge in [0.2, 0.25) is 5.91 Å². The summed E-state index contributed by atoms with van der Waals surface area (Å²) in [5.74, 6) is 0.328. The molecule has 3 aromatic rings. The van der Waals surface area contributed by atoms with E-state index in [1.165, 1.54) is 45.4 Å². The van der Waals surface area contributed by atoms with E-state index in [0.29, 0.717) is 28.6 Å². The Hall–Kier alpha value is -4.05. The summed E-state index contributed by atoms with van der Waals surface area (Å²) in [6, 6.07) is 16.8. The Morgan fingerprint density at radius 1 is 0.788 bits per heavy atom.